The zero-order chi connectivity index (χ0) is 19.9. The van der Waals surface area contributed by atoms with E-state index in [9.17, 15) is 5.11 Å². The van der Waals surface area contributed by atoms with E-state index in [-0.39, 0.29) is 18.3 Å². The fourth-order valence-electron chi connectivity index (χ4n) is 3.75. The van der Waals surface area contributed by atoms with Crippen LogP contribution in [0.25, 0.3) is 0 Å². The summed E-state index contributed by atoms with van der Waals surface area (Å²) in [6.07, 6.45) is 3.27. The molecule has 1 saturated heterocycles. The molecule has 6 heteroatoms. The summed E-state index contributed by atoms with van der Waals surface area (Å²) < 4.78 is 30.7. The van der Waals surface area contributed by atoms with Gasteiger partial charge >= 0.3 is 0 Å². The van der Waals surface area contributed by atoms with E-state index in [1.54, 1.807) is 0 Å². The Kier molecular flexibility index (Phi) is 9.45. The molecule has 1 aliphatic carbocycles. The highest BCUT2D eigenvalue weighted by molar-refractivity contribution is 5.05. The first-order valence-corrected chi connectivity index (χ1v) is 10.8. The lowest BCUT2D eigenvalue weighted by atomic mass is 9.84. The van der Waals surface area contributed by atoms with Gasteiger partial charge in [0.25, 0.3) is 0 Å². The van der Waals surface area contributed by atoms with Crippen LogP contribution < -0.4 is 0 Å². The average molecular weight is 389 g/mol. The van der Waals surface area contributed by atoms with Crippen molar-refractivity contribution in [2.75, 3.05) is 19.8 Å². The Labute approximate surface area is 164 Å². The summed E-state index contributed by atoms with van der Waals surface area (Å²) in [5.74, 6) is -0.755. The van der Waals surface area contributed by atoms with E-state index in [1.165, 1.54) is 0 Å². The molecule has 0 aromatic rings. The number of fused-ring (bicyclic) bond motifs is 1. The molecule has 6 atom stereocenters. The molecule has 0 bridgehead atoms. The summed E-state index contributed by atoms with van der Waals surface area (Å²) in [4.78, 5) is 0. The average Bonchev–Trinajstić information content (AvgIpc) is 2.96. The second kappa shape index (κ2) is 11.1. The molecule has 2 fully saturated rings. The van der Waals surface area contributed by atoms with Gasteiger partial charge in [-0.3, -0.25) is 0 Å². The summed E-state index contributed by atoms with van der Waals surface area (Å²) in [5, 5.41) is 11.0. The smallest absolute Gasteiger partial charge is 0.164 e. The minimum absolute atomic E-state index is 0.310. The minimum atomic E-state index is -0.800. The summed E-state index contributed by atoms with van der Waals surface area (Å²) in [6, 6.07) is 0. The maximum Gasteiger partial charge on any atom is 0.164 e. The van der Waals surface area contributed by atoms with E-state index in [1.807, 2.05) is 13.8 Å². The lowest BCUT2D eigenvalue weighted by molar-refractivity contribution is -0.234. The molecule has 1 aliphatic heterocycles. The van der Waals surface area contributed by atoms with Crippen molar-refractivity contribution in [3.8, 4) is 0 Å². The maximum atomic E-state index is 11.0. The molecule has 2 rings (SSSR count). The maximum absolute atomic E-state index is 11.0. The van der Waals surface area contributed by atoms with E-state index < -0.39 is 24.1 Å². The zero-order valence-corrected chi connectivity index (χ0v) is 17.8. The molecular formula is C21H40O6. The Morgan fingerprint density at radius 2 is 1.15 bits per heavy atom. The van der Waals surface area contributed by atoms with Crippen LogP contribution in [0.2, 0.25) is 0 Å². The number of hydrogen-bond donors (Lipinski definition) is 1. The Morgan fingerprint density at radius 3 is 1.67 bits per heavy atom. The number of aliphatic hydroxyl groups excluding tert-OH is 1. The Balaban J connectivity index is 2.20. The molecule has 1 saturated carbocycles. The molecule has 1 heterocycles. The lowest BCUT2D eigenvalue weighted by Crippen LogP contribution is -2.65. The van der Waals surface area contributed by atoms with Gasteiger partial charge in [0.05, 0.1) is 0 Å². The molecule has 6 nitrogen and oxygen atoms in total. The van der Waals surface area contributed by atoms with Gasteiger partial charge < -0.3 is 28.8 Å². The molecule has 27 heavy (non-hydrogen) atoms. The molecule has 0 aromatic heterocycles. The van der Waals surface area contributed by atoms with Crippen molar-refractivity contribution >= 4 is 0 Å². The topological polar surface area (TPSA) is 66.4 Å². The van der Waals surface area contributed by atoms with Crippen molar-refractivity contribution in [2.45, 2.75) is 116 Å². The van der Waals surface area contributed by atoms with Crippen LogP contribution in [-0.2, 0) is 23.7 Å². The van der Waals surface area contributed by atoms with Crippen molar-refractivity contribution < 1.29 is 28.8 Å². The first-order valence-electron chi connectivity index (χ1n) is 10.8. The highest BCUT2D eigenvalue weighted by Crippen LogP contribution is 2.40. The van der Waals surface area contributed by atoms with E-state index in [4.69, 9.17) is 23.7 Å². The van der Waals surface area contributed by atoms with Gasteiger partial charge in [-0.25, -0.2) is 0 Å². The van der Waals surface area contributed by atoms with E-state index >= 15 is 0 Å². The van der Waals surface area contributed by atoms with Crippen LogP contribution in [0.15, 0.2) is 0 Å². The molecule has 0 amide bonds. The quantitative estimate of drug-likeness (QED) is 0.517. The van der Waals surface area contributed by atoms with Gasteiger partial charge in [0, 0.05) is 19.8 Å². The molecule has 2 aliphatic rings. The second-order valence-corrected chi connectivity index (χ2v) is 8.12. The Hall–Kier alpha value is -0.240. The summed E-state index contributed by atoms with van der Waals surface area (Å²) in [6.45, 7) is 12.0. The van der Waals surface area contributed by atoms with E-state index in [0.717, 1.165) is 38.5 Å². The van der Waals surface area contributed by atoms with Crippen molar-refractivity contribution in [2.24, 2.45) is 0 Å². The van der Waals surface area contributed by atoms with Crippen molar-refractivity contribution in [3.05, 3.63) is 0 Å². The molecule has 0 radical (unpaired) electrons. The monoisotopic (exact) mass is 388 g/mol. The van der Waals surface area contributed by atoms with Gasteiger partial charge in [-0.1, -0.05) is 40.0 Å². The third kappa shape index (κ3) is 6.12. The molecule has 160 valence electrons. The SMILES string of the molecule is CCCCOC1C(O)C2OC(C)(C)OC2C(OCCCC)C1OCCCC. The van der Waals surface area contributed by atoms with Gasteiger partial charge in [0.15, 0.2) is 5.79 Å². The molecule has 0 aromatic carbocycles. The first-order chi connectivity index (χ1) is 12.9. The first kappa shape index (κ1) is 23.0. The standard InChI is InChI=1S/C21H40O6/c1-6-9-12-23-16-15(22)17-20(27-21(4,5)26-17)19(25-14-11-8-3)18(16)24-13-10-7-2/h15-20,22H,6-14H2,1-5H3. The predicted octanol–water partition coefficient (Wildman–Crippen LogP) is 3.44. The van der Waals surface area contributed by atoms with E-state index in [0.29, 0.717) is 19.8 Å². The highest BCUT2D eigenvalue weighted by atomic mass is 16.8. The third-order valence-electron chi connectivity index (χ3n) is 5.23. The van der Waals surface area contributed by atoms with Gasteiger partial charge in [0.1, 0.15) is 36.6 Å². The second-order valence-electron chi connectivity index (χ2n) is 8.12. The van der Waals surface area contributed by atoms with Crippen LogP contribution in [0.4, 0.5) is 0 Å². The number of hydrogen-bond acceptors (Lipinski definition) is 6. The van der Waals surface area contributed by atoms with Crippen LogP contribution in [0.3, 0.4) is 0 Å². The normalized spacial score (nSPS) is 35.3. The van der Waals surface area contributed by atoms with Crippen LogP contribution in [0.1, 0.15) is 73.1 Å². The van der Waals surface area contributed by atoms with Gasteiger partial charge in [0.2, 0.25) is 0 Å². The minimum Gasteiger partial charge on any atom is -0.387 e. The third-order valence-corrected chi connectivity index (χ3v) is 5.23. The number of rotatable bonds is 12. The fraction of sp³-hybridized carbons (Fsp3) is 1.00. The van der Waals surface area contributed by atoms with Crippen molar-refractivity contribution in [3.63, 3.8) is 0 Å². The predicted molar refractivity (Wildman–Crippen MR) is 104 cm³/mol. The van der Waals surface area contributed by atoms with E-state index in [2.05, 4.69) is 20.8 Å². The van der Waals surface area contributed by atoms with Crippen LogP contribution in [-0.4, -0.2) is 67.3 Å². The van der Waals surface area contributed by atoms with Crippen molar-refractivity contribution in [1.82, 2.24) is 0 Å². The van der Waals surface area contributed by atoms with Gasteiger partial charge in [-0.2, -0.15) is 0 Å². The van der Waals surface area contributed by atoms with Crippen LogP contribution in [0.5, 0.6) is 0 Å². The summed E-state index contributed by atoms with van der Waals surface area (Å²) in [5.41, 5.74) is 0. The number of unbranched alkanes of at least 4 members (excludes halogenated alkanes) is 3. The molecule has 1 N–H and O–H groups in total. The van der Waals surface area contributed by atoms with Crippen molar-refractivity contribution in [1.29, 1.82) is 0 Å². The highest BCUT2D eigenvalue weighted by Gasteiger charge is 2.59. The summed E-state index contributed by atoms with van der Waals surface area (Å²) >= 11 is 0. The largest absolute Gasteiger partial charge is 0.387 e. The lowest BCUT2D eigenvalue weighted by Gasteiger charge is -2.45. The number of ether oxygens (including phenoxy) is 5. The number of aliphatic hydroxyl groups is 1. The van der Waals surface area contributed by atoms with Crippen LogP contribution >= 0.6 is 0 Å². The Morgan fingerprint density at radius 1 is 0.704 bits per heavy atom. The van der Waals surface area contributed by atoms with Gasteiger partial charge in [-0.05, 0) is 33.1 Å². The van der Waals surface area contributed by atoms with Gasteiger partial charge in [-0.15, -0.1) is 0 Å². The molecular weight excluding hydrogens is 348 g/mol. The Bertz CT molecular complexity index is 415. The summed E-state index contributed by atoms with van der Waals surface area (Å²) in [7, 11) is 0. The fourth-order valence-corrected chi connectivity index (χ4v) is 3.75. The van der Waals surface area contributed by atoms with Crippen LogP contribution in [0, 0.1) is 0 Å². The molecule has 0 spiro atoms. The zero-order valence-electron chi connectivity index (χ0n) is 17.8. The molecule has 6 unspecified atom stereocenters.